The lowest BCUT2D eigenvalue weighted by molar-refractivity contribution is -0.384. The van der Waals surface area contributed by atoms with Crippen molar-refractivity contribution in [3.8, 4) is 0 Å². The Hall–Kier alpha value is -3.15. The monoisotopic (exact) mass is 431 g/mol. The van der Waals surface area contributed by atoms with Crippen LogP contribution in [0.3, 0.4) is 0 Å². The Morgan fingerprint density at radius 3 is 2.41 bits per heavy atom. The number of nitro groups is 1. The van der Waals surface area contributed by atoms with Gasteiger partial charge in [0.25, 0.3) is 5.69 Å². The molecule has 0 aliphatic heterocycles. The van der Waals surface area contributed by atoms with Crippen molar-refractivity contribution in [3.05, 3.63) is 63.7 Å². The smallest absolute Gasteiger partial charge is 0.325 e. The number of non-ortho nitro benzene ring substituents is 1. The zero-order valence-electron chi connectivity index (χ0n) is 15.2. The molecule has 0 radical (unpaired) electrons. The summed E-state index contributed by atoms with van der Waals surface area (Å²) < 4.78 is 63.3. The molecule has 29 heavy (non-hydrogen) atoms. The number of aryl methyl sites for hydroxylation is 1. The van der Waals surface area contributed by atoms with Crippen molar-refractivity contribution in [2.45, 2.75) is 13.1 Å². The number of halogens is 3. The quantitative estimate of drug-likeness (QED) is 0.557. The number of anilines is 2. The lowest BCUT2D eigenvalue weighted by Crippen LogP contribution is -2.38. The second kappa shape index (κ2) is 8.07. The second-order valence-corrected chi connectivity index (χ2v) is 8.03. The fourth-order valence-corrected chi connectivity index (χ4v) is 3.37. The molecule has 0 saturated carbocycles. The van der Waals surface area contributed by atoms with E-state index in [0.717, 1.165) is 24.5 Å². The summed E-state index contributed by atoms with van der Waals surface area (Å²) in [5.41, 5.74) is -1.26. The van der Waals surface area contributed by atoms with Crippen molar-refractivity contribution in [2.24, 2.45) is 0 Å². The van der Waals surface area contributed by atoms with Crippen molar-refractivity contribution in [2.75, 3.05) is 22.4 Å². The third kappa shape index (κ3) is 5.67. The van der Waals surface area contributed by atoms with Crippen molar-refractivity contribution in [1.29, 1.82) is 0 Å². The number of alkyl halides is 3. The van der Waals surface area contributed by atoms with E-state index in [0.29, 0.717) is 15.9 Å². The summed E-state index contributed by atoms with van der Waals surface area (Å²) in [6.45, 7) is 0.721. The van der Waals surface area contributed by atoms with Crippen LogP contribution in [0.5, 0.6) is 0 Å². The van der Waals surface area contributed by atoms with Gasteiger partial charge in [-0.15, -0.1) is 0 Å². The van der Waals surface area contributed by atoms with Crippen LogP contribution in [-0.2, 0) is 21.0 Å². The van der Waals surface area contributed by atoms with Gasteiger partial charge < -0.3 is 5.32 Å². The zero-order chi connectivity index (χ0) is 22.0. The molecule has 2 aromatic rings. The number of amides is 1. The standard InChI is InChI=1S/C17H16F3N3O5S/c1-11-6-7-14(23(25)26)9-15(11)22(29(2,27)28)10-16(24)21-13-5-3-4-12(8-13)17(18,19)20/h3-9H,10H2,1-2H3,(H,21,24). The normalized spacial score (nSPS) is 11.8. The fourth-order valence-electron chi connectivity index (χ4n) is 2.47. The Kier molecular flexibility index (Phi) is 6.16. The predicted octanol–water partition coefficient (Wildman–Crippen LogP) is 3.33. The summed E-state index contributed by atoms with van der Waals surface area (Å²) in [5, 5.41) is 13.2. The fraction of sp³-hybridized carbons (Fsp3) is 0.235. The Morgan fingerprint density at radius 2 is 1.86 bits per heavy atom. The van der Waals surface area contributed by atoms with E-state index < -0.39 is 39.1 Å². The van der Waals surface area contributed by atoms with Crippen LogP contribution in [0.25, 0.3) is 0 Å². The number of sulfonamides is 1. The van der Waals surface area contributed by atoms with E-state index in [9.17, 15) is 36.5 Å². The molecule has 0 aromatic heterocycles. The number of benzene rings is 2. The molecule has 12 heteroatoms. The largest absolute Gasteiger partial charge is 0.416 e. The minimum absolute atomic E-state index is 0.0825. The molecule has 8 nitrogen and oxygen atoms in total. The Bertz CT molecular complexity index is 1050. The van der Waals surface area contributed by atoms with Gasteiger partial charge in [-0.2, -0.15) is 13.2 Å². The topological polar surface area (TPSA) is 110 Å². The van der Waals surface area contributed by atoms with E-state index in [2.05, 4.69) is 5.32 Å². The summed E-state index contributed by atoms with van der Waals surface area (Å²) >= 11 is 0. The number of rotatable bonds is 6. The minimum atomic E-state index is -4.61. The van der Waals surface area contributed by atoms with Crippen LogP contribution in [0.15, 0.2) is 42.5 Å². The first-order valence-electron chi connectivity index (χ1n) is 7.99. The first kappa shape index (κ1) is 22.1. The number of carbonyl (C=O) groups excluding carboxylic acids is 1. The van der Waals surface area contributed by atoms with Crippen LogP contribution in [0.2, 0.25) is 0 Å². The molecule has 0 unspecified atom stereocenters. The molecule has 2 rings (SSSR count). The summed E-state index contributed by atoms with van der Waals surface area (Å²) in [6.07, 6.45) is -3.80. The van der Waals surface area contributed by atoms with Gasteiger partial charge in [0.05, 0.1) is 22.4 Å². The van der Waals surface area contributed by atoms with E-state index in [1.165, 1.54) is 25.1 Å². The lowest BCUT2D eigenvalue weighted by atomic mass is 10.2. The maximum Gasteiger partial charge on any atom is 0.416 e. The summed E-state index contributed by atoms with van der Waals surface area (Å²) in [5.74, 6) is -0.916. The van der Waals surface area contributed by atoms with Crippen molar-refractivity contribution in [1.82, 2.24) is 0 Å². The van der Waals surface area contributed by atoms with Crippen molar-refractivity contribution >= 4 is 33.0 Å². The van der Waals surface area contributed by atoms with Gasteiger partial charge in [0, 0.05) is 17.8 Å². The molecule has 0 saturated heterocycles. The van der Waals surface area contributed by atoms with E-state index in [-0.39, 0.29) is 17.1 Å². The molecular weight excluding hydrogens is 415 g/mol. The Balaban J connectivity index is 2.32. The van der Waals surface area contributed by atoms with Gasteiger partial charge in [0.1, 0.15) is 6.54 Å². The number of hydrogen-bond donors (Lipinski definition) is 1. The van der Waals surface area contributed by atoms with E-state index in [1.54, 1.807) is 0 Å². The van der Waals surface area contributed by atoms with Gasteiger partial charge in [-0.3, -0.25) is 19.2 Å². The van der Waals surface area contributed by atoms with Crippen molar-refractivity contribution < 1.29 is 31.3 Å². The summed E-state index contributed by atoms with van der Waals surface area (Å²) in [6, 6.07) is 7.37. The highest BCUT2D eigenvalue weighted by atomic mass is 32.2. The van der Waals surface area contributed by atoms with E-state index in [1.807, 2.05) is 0 Å². The Morgan fingerprint density at radius 1 is 1.21 bits per heavy atom. The molecule has 0 heterocycles. The Labute approximate surface area is 164 Å². The lowest BCUT2D eigenvalue weighted by Gasteiger charge is -2.23. The van der Waals surface area contributed by atoms with Gasteiger partial charge >= 0.3 is 6.18 Å². The third-order valence-electron chi connectivity index (χ3n) is 3.83. The molecule has 0 atom stereocenters. The van der Waals surface area contributed by atoms with Crippen LogP contribution >= 0.6 is 0 Å². The number of nitrogens with zero attached hydrogens (tertiary/aromatic N) is 2. The average molecular weight is 431 g/mol. The molecule has 0 bridgehead atoms. The molecular formula is C17H16F3N3O5S. The maximum atomic E-state index is 12.8. The van der Waals surface area contributed by atoms with Crippen LogP contribution in [0.4, 0.5) is 30.2 Å². The molecule has 0 aliphatic rings. The van der Waals surface area contributed by atoms with Crippen LogP contribution in [0.1, 0.15) is 11.1 Å². The summed E-state index contributed by atoms with van der Waals surface area (Å²) in [7, 11) is -4.03. The summed E-state index contributed by atoms with van der Waals surface area (Å²) in [4.78, 5) is 22.6. The molecule has 1 amide bonds. The highest BCUT2D eigenvalue weighted by molar-refractivity contribution is 7.92. The maximum absolute atomic E-state index is 12.8. The SMILES string of the molecule is Cc1ccc([N+](=O)[O-])cc1N(CC(=O)Nc1cccc(C(F)(F)F)c1)S(C)(=O)=O. The molecule has 2 aromatic carbocycles. The van der Waals surface area contributed by atoms with Gasteiger partial charge in [-0.1, -0.05) is 12.1 Å². The van der Waals surface area contributed by atoms with Gasteiger partial charge in [0.15, 0.2) is 0 Å². The molecule has 0 fully saturated rings. The first-order chi connectivity index (χ1) is 13.3. The first-order valence-corrected chi connectivity index (χ1v) is 9.84. The van der Waals surface area contributed by atoms with Crippen LogP contribution in [0, 0.1) is 17.0 Å². The van der Waals surface area contributed by atoms with E-state index in [4.69, 9.17) is 0 Å². The van der Waals surface area contributed by atoms with Crippen LogP contribution in [-0.4, -0.2) is 32.0 Å². The second-order valence-electron chi connectivity index (χ2n) is 6.12. The highest BCUT2D eigenvalue weighted by Gasteiger charge is 2.30. The minimum Gasteiger partial charge on any atom is -0.325 e. The number of carbonyl (C=O) groups is 1. The number of hydrogen-bond acceptors (Lipinski definition) is 5. The highest BCUT2D eigenvalue weighted by Crippen LogP contribution is 2.31. The molecule has 1 N–H and O–H groups in total. The van der Waals surface area contributed by atoms with Gasteiger partial charge in [0.2, 0.25) is 15.9 Å². The van der Waals surface area contributed by atoms with E-state index >= 15 is 0 Å². The number of nitro benzene ring substituents is 1. The van der Waals surface area contributed by atoms with Gasteiger partial charge in [-0.05, 0) is 30.7 Å². The zero-order valence-corrected chi connectivity index (χ0v) is 16.0. The average Bonchev–Trinajstić information content (AvgIpc) is 2.58. The number of nitrogens with one attached hydrogen (secondary N) is 1. The van der Waals surface area contributed by atoms with Crippen LogP contribution < -0.4 is 9.62 Å². The van der Waals surface area contributed by atoms with Crippen molar-refractivity contribution in [3.63, 3.8) is 0 Å². The predicted molar refractivity (Wildman–Crippen MR) is 100 cm³/mol. The molecule has 0 aliphatic carbocycles. The molecule has 0 spiro atoms. The third-order valence-corrected chi connectivity index (χ3v) is 4.96. The molecule has 156 valence electrons. The van der Waals surface area contributed by atoms with Gasteiger partial charge in [-0.25, -0.2) is 8.42 Å².